The lowest BCUT2D eigenvalue weighted by molar-refractivity contribution is -0.137. The molecule has 0 spiro atoms. The Hall–Kier alpha value is -3.08. The number of nitrogens with zero attached hydrogens (tertiary/aromatic N) is 2. The average molecular weight is 276 g/mol. The number of nitrogens with one attached hydrogen (secondary N) is 1. The molecule has 0 saturated heterocycles. The molecule has 0 saturated carbocycles. The smallest absolute Gasteiger partial charge is 0.323 e. The van der Waals surface area contributed by atoms with Gasteiger partial charge in [0.05, 0.1) is 11.6 Å². The number of nitrogens with two attached hydrogens (primary N) is 1. The van der Waals surface area contributed by atoms with Crippen molar-refractivity contribution < 1.29 is 19.5 Å². The average Bonchev–Trinajstić information content (AvgIpc) is 2.37. The second-order valence-corrected chi connectivity index (χ2v) is 3.84. The number of carbonyl (C=O) groups is 3. The first kappa shape index (κ1) is 15.0. The van der Waals surface area contributed by atoms with E-state index in [0.717, 1.165) is 4.90 Å². The van der Waals surface area contributed by atoms with E-state index in [2.05, 4.69) is 5.32 Å². The van der Waals surface area contributed by atoms with Crippen LogP contribution in [-0.4, -0.2) is 41.0 Å². The number of carboxylic acids is 1. The lowest BCUT2D eigenvalue weighted by Gasteiger charge is -2.19. The quantitative estimate of drug-likeness (QED) is 0.693. The van der Waals surface area contributed by atoms with E-state index in [0.29, 0.717) is 11.3 Å². The van der Waals surface area contributed by atoms with Gasteiger partial charge in [-0.05, 0) is 24.3 Å². The van der Waals surface area contributed by atoms with Crippen LogP contribution >= 0.6 is 0 Å². The van der Waals surface area contributed by atoms with Crippen LogP contribution in [0.2, 0.25) is 0 Å². The maximum atomic E-state index is 11.8. The van der Waals surface area contributed by atoms with Crippen molar-refractivity contribution in [3.05, 3.63) is 29.8 Å². The van der Waals surface area contributed by atoms with E-state index in [4.69, 9.17) is 16.1 Å². The fourth-order valence-electron chi connectivity index (χ4n) is 1.38. The summed E-state index contributed by atoms with van der Waals surface area (Å²) in [5.41, 5.74) is 5.74. The minimum absolute atomic E-state index is 0.369. The normalized spacial score (nSPS) is 9.35. The third-order valence-corrected chi connectivity index (χ3v) is 2.23. The maximum absolute atomic E-state index is 11.8. The van der Waals surface area contributed by atoms with Crippen molar-refractivity contribution >= 4 is 23.6 Å². The molecule has 4 N–H and O–H groups in total. The summed E-state index contributed by atoms with van der Waals surface area (Å²) in [6.07, 6.45) is 0. The molecule has 0 heterocycles. The van der Waals surface area contributed by atoms with E-state index in [1.807, 2.05) is 6.07 Å². The molecule has 0 aliphatic rings. The number of carbonyl (C=O) groups excluding carboxylic acids is 2. The Morgan fingerprint density at radius 1 is 1.25 bits per heavy atom. The zero-order chi connectivity index (χ0) is 15.1. The Bertz CT molecular complexity index is 546. The minimum Gasteiger partial charge on any atom is -0.480 e. The molecule has 3 amide bonds. The fourth-order valence-corrected chi connectivity index (χ4v) is 1.38. The first-order chi connectivity index (χ1) is 9.42. The first-order valence-corrected chi connectivity index (χ1v) is 5.48. The van der Waals surface area contributed by atoms with Gasteiger partial charge >= 0.3 is 12.0 Å². The van der Waals surface area contributed by atoms with Gasteiger partial charge < -0.3 is 21.1 Å². The van der Waals surface area contributed by atoms with Crippen LogP contribution in [0.1, 0.15) is 5.56 Å². The SMILES string of the molecule is N#Cc1ccc(NC(=O)N(CC(N)=O)CC(=O)O)cc1. The molecular formula is C12H12N4O4. The van der Waals surface area contributed by atoms with Crippen molar-refractivity contribution in [1.29, 1.82) is 5.26 Å². The summed E-state index contributed by atoms with van der Waals surface area (Å²) in [6, 6.07) is 7.11. The predicted molar refractivity (Wildman–Crippen MR) is 68.6 cm³/mol. The Kier molecular flexibility index (Phi) is 5.05. The molecule has 0 unspecified atom stereocenters. The van der Waals surface area contributed by atoms with Crippen molar-refractivity contribution in [1.82, 2.24) is 4.90 Å². The summed E-state index contributed by atoms with van der Waals surface area (Å²) in [5, 5.41) is 19.7. The van der Waals surface area contributed by atoms with Gasteiger partial charge in [0.2, 0.25) is 5.91 Å². The number of carboxylic acid groups (broad SMARTS) is 1. The second kappa shape index (κ2) is 6.75. The molecule has 0 aromatic heterocycles. The molecule has 0 fully saturated rings. The van der Waals surface area contributed by atoms with Crippen LogP contribution in [0.15, 0.2) is 24.3 Å². The van der Waals surface area contributed by atoms with Crippen LogP contribution in [0, 0.1) is 11.3 Å². The molecule has 1 rings (SSSR count). The molecule has 0 radical (unpaired) electrons. The largest absolute Gasteiger partial charge is 0.480 e. The van der Waals surface area contributed by atoms with E-state index in [9.17, 15) is 14.4 Å². The molecule has 1 aromatic rings. The highest BCUT2D eigenvalue weighted by molar-refractivity contribution is 5.94. The standard InChI is InChI=1S/C12H12N4O4/c13-5-8-1-3-9(4-2-8)15-12(20)16(6-10(14)17)7-11(18)19/h1-4H,6-7H2,(H2,14,17)(H,15,20)(H,18,19). The molecule has 1 aromatic carbocycles. The van der Waals surface area contributed by atoms with Crippen LogP contribution in [0.4, 0.5) is 10.5 Å². The number of anilines is 1. The van der Waals surface area contributed by atoms with Crippen LogP contribution in [-0.2, 0) is 9.59 Å². The van der Waals surface area contributed by atoms with Gasteiger partial charge in [-0.15, -0.1) is 0 Å². The Morgan fingerprint density at radius 2 is 1.85 bits per heavy atom. The molecular weight excluding hydrogens is 264 g/mol. The molecule has 0 atom stereocenters. The number of urea groups is 1. The van der Waals surface area contributed by atoms with Crippen molar-refractivity contribution in [2.75, 3.05) is 18.4 Å². The fraction of sp³-hybridized carbons (Fsp3) is 0.167. The number of primary amides is 1. The molecule has 0 aliphatic carbocycles. The summed E-state index contributed by atoms with van der Waals surface area (Å²) >= 11 is 0. The zero-order valence-electron chi connectivity index (χ0n) is 10.4. The Balaban J connectivity index is 2.76. The summed E-state index contributed by atoms with van der Waals surface area (Å²) in [6.45, 7) is -1.15. The lowest BCUT2D eigenvalue weighted by atomic mass is 10.2. The van der Waals surface area contributed by atoms with Gasteiger partial charge in [-0.2, -0.15) is 5.26 Å². The zero-order valence-corrected chi connectivity index (χ0v) is 10.4. The highest BCUT2D eigenvalue weighted by Gasteiger charge is 2.18. The third-order valence-electron chi connectivity index (χ3n) is 2.23. The van der Waals surface area contributed by atoms with Crippen molar-refractivity contribution in [3.63, 3.8) is 0 Å². The highest BCUT2D eigenvalue weighted by atomic mass is 16.4. The number of hydrogen-bond donors (Lipinski definition) is 3. The molecule has 8 nitrogen and oxygen atoms in total. The molecule has 0 aliphatic heterocycles. The third kappa shape index (κ3) is 4.66. The van der Waals surface area contributed by atoms with Crippen LogP contribution in [0.3, 0.4) is 0 Å². The predicted octanol–water partition coefficient (Wildman–Crippen LogP) is -0.0379. The molecule has 0 bridgehead atoms. The number of aliphatic carboxylic acids is 1. The summed E-state index contributed by atoms with van der Waals surface area (Å²) < 4.78 is 0. The summed E-state index contributed by atoms with van der Waals surface area (Å²) in [7, 11) is 0. The Labute approximate surface area is 114 Å². The van der Waals surface area contributed by atoms with E-state index >= 15 is 0 Å². The van der Waals surface area contributed by atoms with E-state index in [-0.39, 0.29) is 0 Å². The maximum Gasteiger partial charge on any atom is 0.323 e. The van der Waals surface area contributed by atoms with Crippen LogP contribution in [0.5, 0.6) is 0 Å². The van der Waals surface area contributed by atoms with Gasteiger partial charge in [-0.3, -0.25) is 9.59 Å². The number of benzene rings is 1. The van der Waals surface area contributed by atoms with E-state index in [1.54, 1.807) is 0 Å². The van der Waals surface area contributed by atoms with Gasteiger partial charge in [0.25, 0.3) is 0 Å². The lowest BCUT2D eigenvalue weighted by Crippen LogP contribution is -2.43. The van der Waals surface area contributed by atoms with Gasteiger partial charge in [-0.25, -0.2) is 4.79 Å². The van der Waals surface area contributed by atoms with Crippen LogP contribution < -0.4 is 11.1 Å². The minimum atomic E-state index is -1.26. The summed E-state index contributed by atoms with van der Waals surface area (Å²) in [5.74, 6) is -2.08. The van der Waals surface area contributed by atoms with Crippen molar-refractivity contribution in [2.45, 2.75) is 0 Å². The van der Waals surface area contributed by atoms with Gasteiger partial charge in [0.15, 0.2) is 0 Å². The Morgan fingerprint density at radius 3 is 2.30 bits per heavy atom. The van der Waals surface area contributed by atoms with E-state index in [1.165, 1.54) is 24.3 Å². The summed E-state index contributed by atoms with van der Waals surface area (Å²) in [4.78, 5) is 34.0. The number of amides is 3. The molecule has 20 heavy (non-hydrogen) atoms. The first-order valence-electron chi connectivity index (χ1n) is 5.48. The van der Waals surface area contributed by atoms with E-state index < -0.39 is 31.0 Å². The van der Waals surface area contributed by atoms with Gasteiger partial charge in [0.1, 0.15) is 13.1 Å². The van der Waals surface area contributed by atoms with Crippen molar-refractivity contribution in [3.8, 4) is 6.07 Å². The second-order valence-electron chi connectivity index (χ2n) is 3.84. The van der Waals surface area contributed by atoms with Crippen LogP contribution in [0.25, 0.3) is 0 Å². The number of nitriles is 1. The molecule has 104 valence electrons. The van der Waals surface area contributed by atoms with Crippen molar-refractivity contribution in [2.24, 2.45) is 5.73 Å². The molecule has 8 heteroatoms. The van der Waals surface area contributed by atoms with Gasteiger partial charge in [0, 0.05) is 5.69 Å². The highest BCUT2D eigenvalue weighted by Crippen LogP contribution is 2.09. The van der Waals surface area contributed by atoms with Gasteiger partial charge in [-0.1, -0.05) is 0 Å². The number of rotatable bonds is 5. The monoisotopic (exact) mass is 276 g/mol. The topological polar surface area (TPSA) is 137 Å². The number of hydrogen-bond acceptors (Lipinski definition) is 4.